The molecule has 5 rings (SSSR count). The van der Waals surface area contributed by atoms with E-state index in [0.29, 0.717) is 29.0 Å². The predicted molar refractivity (Wildman–Crippen MR) is 140 cm³/mol. The fraction of sp³-hybridized carbons (Fsp3) is 0.148. The number of carbonyl (C=O) groups excluding carboxylic acids is 2. The first-order chi connectivity index (χ1) is 17.8. The maximum Gasteiger partial charge on any atom is 0.301 e. The molecule has 186 valence electrons. The van der Waals surface area contributed by atoms with Gasteiger partial charge in [0.2, 0.25) is 0 Å². The minimum atomic E-state index is -1.12. The molecule has 1 aliphatic heterocycles. The molecular weight excluding hydrogens is 494 g/mol. The fourth-order valence-corrected chi connectivity index (χ4v) is 5.29. The number of thiazole rings is 1. The number of aromatic nitrogens is 1. The van der Waals surface area contributed by atoms with Gasteiger partial charge in [-0.2, -0.15) is 0 Å². The van der Waals surface area contributed by atoms with Crippen LogP contribution in [0.25, 0.3) is 16.0 Å². The summed E-state index contributed by atoms with van der Waals surface area (Å²) < 4.78 is 6.29. The molecule has 1 amide bonds. The van der Waals surface area contributed by atoms with Crippen LogP contribution in [0.5, 0.6) is 5.75 Å². The van der Waals surface area contributed by atoms with Crippen LogP contribution in [0.2, 0.25) is 0 Å². The summed E-state index contributed by atoms with van der Waals surface area (Å²) in [5.41, 5.74) is 1.84. The molecule has 10 heteroatoms. The van der Waals surface area contributed by atoms with E-state index in [1.165, 1.54) is 34.4 Å². The number of fused-ring (bicyclic) bond motifs is 1. The molecule has 0 radical (unpaired) electrons. The van der Waals surface area contributed by atoms with Gasteiger partial charge in [-0.25, -0.2) is 4.98 Å². The van der Waals surface area contributed by atoms with Crippen LogP contribution in [0, 0.1) is 17.0 Å². The molecule has 0 aliphatic carbocycles. The van der Waals surface area contributed by atoms with Gasteiger partial charge >= 0.3 is 5.91 Å². The highest BCUT2D eigenvalue weighted by atomic mass is 32.1. The van der Waals surface area contributed by atoms with Crippen molar-refractivity contribution in [3.05, 3.63) is 99.1 Å². The highest BCUT2D eigenvalue weighted by Crippen LogP contribution is 2.45. The van der Waals surface area contributed by atoms with Crippen LogP contribution in [0.4, 0.5) is 10.8 Å². The van der Waals surface area contributed by atoms with Gasteiger partial charge < -0.3 is 9.84 Å². The zero-order chi connectivity index (χ0) is 26.3. The van der Waals surface area contributed by atoms with E-state index >= 15 is 0 Å². The molecule has 1 fully saturated rings. The number of ketones is 1. The molecule has 1 saturated heterocycles. The van der Waals surface area contributed by atoms with Gasteiger partial charge in [0.15, 0.2) is 5.13 Å². The lowest BCUT2D eigenvalue weighted by atomic mass is 9.95. The van der Waals surface area contributed by atoms with Crippen LogP contribution in [-0.2, 0) is 9.59 Å². The van der Waals surface area contributed by atoms with E-state index in [2.05, 4.69) is 4.98 Å². The van der Waals surface area contributed by atoms with Gasteiger partial charge in [0.05, 0.1) is 33.4 Å². The van der Waals surface area contributed by atoms with Crippen molar-refractivity contribution in [3.63, 3.8) is 0 Å². The SMILES string of the molecule is CCOc1ccc2nc(N3C(=O)C(=O)/C(=C(/O)c4ccc(C)cc4)C3c3cccc([N+](=O)[O-])c3)sc2c1. The molecule has 1 N–H and O–H groups in total. The van der Waals surface area contributed by atoms with E-state index in [-0.39, 0.29) is 22.2 Å². The number of nitrogens with zero attached hydrogens (tertiary/aromatic N) is 3. The molecule has 0 bridgehead atoms. The van der Waals surface area contributed by atoms with Crippen LogP contribution in [0.3, 0.4) is 0 Å². The summed E-state index contributed by atoms with van der Waals surface area (Å²) >= 11 is 1.18. The second-order valence-corrected chi connectivity index (χ2v) is 9.46. The number of aryl methyl sites for hydroxylation is 1. The number of ether oxygens (including phenoxy) is 1. The third kappa shape index (κ3) is 4.31. The van der Waals surface area contributed by atoms with Crippen molar-refractivity contribution in [3.8, 4) is 5.75 Å². The lowest BCUT2D eigenvalue weighted by molar-refractivity contribution is -0.384. The van der Waals surface area contributed by atoms with Crippen LogP contribution in [-0.4, -0.2) is 33.3 Å². The van der Waals surface area contributed by atoms with Crippen LogP contribution >= 0.6 is 11.3 Å². The largest absolute Gasteiger partial charge is 0.507 e. The van der Waals surface area contributed by atoms with E-state index in [9.17, 15) is 24.8 Å². The maximum atomic E-state index is 13.4. The van der Waals surface area contributed by atoms with Gasteiger partial charge in [0.25, 0.3) is 11.5 Å². The first kappa shape index (κ1) is 24.1. The Morgan fingerprint density at radius 2 is 1.89 bits per heavy atom. The monoisotopic (exact) mass is 515 g/mol. The van der Waals surface area contributed by atoms with Gasteiger partial charge in [-0.3, -0.25) is 24.6 Å². The lowest BCUT2D eigenvalue weighted by Gasteiger charge is -2.22. The molecule has 0 saturated carbocycles. The number of rotatable bonds is 6. The molecule has 4 aromatic rings. The van der Waals surface area contributed by atoms with E-state index in [0.717, 1.165) is 10.3 Å². The number of non-ortho nitro benzene ring substituents is 1. The van der Waals surface area contributed by atoms with Gasteiger partial charge in [0, 0.05) is 17.7 Å². The average Bonchev–Trinajstić information content (AvgIpc) is 3.42. The number of benzene rings is 3. The molecule has 1 aromatic heterocycles. The molecular formula is C27H21N3O6S. The summed E-state index contributed by atoms with van der Waals surface area (Å²) in [5.74, 6) is -1.50. The van der Waals surface area contributed by atoms with E-state index in [1.54, 1.807) is 48.5 Å². The van der Waals surface area contributed by atoms with Crippen LogP contribution in [0.15, 0.2) is 72.3 Å². The van der Waals surface area contributed by atoms with Crippen molar-refractivity contribution in [1.29, 1.82) is 0 Å². The molecule has 37 heavy (non-hydrogen) atoms. The van der Waals surface area contributed by atoms with Crippen molar-refractivity contribution < 1.29 is 24.4 Å². The highest BCUT2D eigenvalue weighted by molar-refractivity contribution is 7.22. The Balaban J connectivity index is 1.71. The number of nitro groups is 1. The van der Waals surface area contributed by atoms with Crippen molar-refractivity contribution in [2.75, 3.05) is 11.5 Å². The third-order valence-electron chi connectivity index (χ3n) is 6.03. The van der Waals surface area contributed by atoms with E-state index in [1.807, 2.05) is 13.8 Å². The molecule has 0 spiro atoms. The molecule has 1 aliphatic rings. The van der Waals surface area contributed by atoms with Gasteiger partial charge in [-0.05, 0) is 37.6 Å². The number of aliphatic hydroxyl groups is 1. The standard InChI is InChI=1S/C27H21N3O6S/c1-3-36-19-11-12-20-21(14-19)37-27(28-20)29-23(17-5-4-6-18(13-17)30(34)35)22(25(32)26(29)33)24(31)16-9-7-15(2)8-10-16/h4-14,23,31H,3H2,1-2H3/b24-22+. The maximum absolute atomic E-state index is 13.4. The Morgan fingerprint density at radius 1 is 1.14 bits per heavy atom. The number of aliphatic hydroxyl groups excluding tert-OH is 1. The summed E-state index contributed by atoms with van der Waals surface area (Å²) in [7, 11) is 0. The smallest absolute Gasteiger partial charge is 0.301 e. The summed E-state index contributed by atoms with van der Waals surface area (Å²) in [5, 5.41) is 22.9. The van der Waals surface area contributed by atoms with E-state index < -0.39 is 22.7 Å². The molecule has 3 aromatic carbocycles. The van der Waals surface area contributed by atoms with Gasteiger partial charge in [0.1, 0.15) is 11.5 Å². The van der Waals surface area contributed by atoms with Crippen molar-refractivity contribution in [2.45, 2.75) is 19.9 Å². The first-order valence-corrected chi connectivity index (χ1v) is 12.3. The zero-order valence-corrected chi connectivity index (χ0v) is 20.7. The summed E-state index contributed by atoms with van der Waals surface area (Å²) in [6, 6.07) is 16.7. The summed E-state index contributed by atoms with van der Waals surface area (Å²) in [6.45, 7) is 4.24. The van der Waals surface area contributed by atoms with Gasteiger partial charge in [-0.15, -0.1) is 0 Å². The number of amides is 1. The first-order valence-electron chi connectivity index (χ1n) is 11.4. The van der Waals surface area contributed by atoms with Crippen molar-refractivity contribution in [1.82, 2.24) is 4.98 Å². The number of hydrogen-bond acceptors (Lipinski definition) is 8. The Morgan fingerprint density at radius 3 is 2.59 bits per heavy atom. The zero-order valence-electron chi connectivity index (χ0n) is 19.9. The second-order valence-electron chi connectivity index (χ2n) is 8.45. The van der Waals surface area contributed by atoms with Gasteiger partial charge in [-0.1, -0.05) is 53.3 Å². The fourth-order valence-electron chi connectivity index (χ4n) is 4.27. The molecule has 2 heterocycles. The summed E-state index contributed by atoms with van der Waals surface area (Å²) in [6.07, 6.45) is 0. The Labute approximate surface area is 215 Å². The number of nitro benzene ring substituents is 1. The number of carbonyl (C=O) groups is 2. The van der Waals surface area contributed by atoms with Crippen molar-refractivity contribution >= 4 is 49.8 Å². The minimum absolute atomic E-state index is 0.163. The highest BCUT2D eigenvalue weighted by Gasteiger charge is 2.48. The second kappa shape index (κ2) is 9.47. The summed E-state index contributed by atoms with van der Waals surface area (Å²) in [4.78, 5) is 43.4. The van der Waals surface area contributed by atoms with Crippen molar-refractivity contribution in [2.24, 2.45) is 0 Å². The number of hydrogen-bond donors (Lipinski definition) is 1. The lowest BCUT2D eigenvalue weighted by Crippen LogP contribution is -2.29. The Kier molecular flexibility index (Phi) is 6.18. The molecule has 1 atom stereocenters. The average molecular weight is 516 g/mol. The Bertz CT molecular complexity index is 1590. The van der Waals surface area contributed by atoms with Crippen LogP contribution in [0.1, 0.15) is 29.7 Å². The number of anilines is 1. The Hall–Kier alpha value is -4.57. The predicted octanol–water partition coefficient (Wildman–Crippen LogP) is 5.54. The minimum Gasteiger partial charge on any atom is -0.507 e. The molecule has 9 nitrogen and oxygen atoms in total. The van der Waals surface area contributed by atoms with E-state index in [4.69, 9.17) is 4.74 Å². The third-order valence-corrected chi connectivity index (χ3v) is 7.05. The quantitative estimate of drug-likeness (QED) is 0.118. The molecule has 1 unspecified atom stereocenters. The normalized spacial score (nSPS) is 16.9. The number of Topliss-reactive ketones (excluding diaryl/α,β-unsaturated/α-hetero) is 1. The topological polar surface area (TPSA) is 123 Å². The van der Waals surface area contributed by atoms with Crippen LogP contribution < -0.4 is 9.64 Å².